The number of anilines is 1. The van der Waals surface area contributed by atoms with Crippen molar-refractivity contribution in [3.05, 3.63) is 69.8 Å². The molecule has 3 rings (SSSR count). The number of hydrogen-bond donors (Lipinski definition) is 0. The molecule has 0 N–H and O–H groups in total. The SMILES string of the molecule is CC(=O)Cc1cc(N2CCN(C(=O)c3ccccc3)CC2)ccc1[N+](=O)[O-]. The summed E-state index contributed by atoms with van der Waals surface area (Å²) in [5.74, 6) is -0.107. The van der Waals surface area contributed by atoms with E-state index in [-0.39, 0.29) is 23.8 Å². The summed E-state index contributed by atoms with van der Waals surface area (Å²) in [7, 11) is 0. The molecule has 0 saturated carbocycles. The lowest BCUT2D eigenvalue weighted by molar-refractivity contribution is -0.385. The monoisotopic (exact) mass is 367 g/mol. The fourth-order valence-electron chi connectivity index (χ4n) is 3.29. The van der Waals surface area contributed by atoms with Crippen LogP contribution in [0, 0.1) is 10.1 Å². The number of carbonyl (C=O) groups is 2. The maximum absolute atomic E-state index is 12.5. The average Bonchev–Trinajstić information content (AvgIpc) is 2.67. The Morgan fingerprint density at radius 3 is 2.30 bits per heavy atom. The highest BCUT2D eigenvalue weighted by Gasteiger charge is 2.24. The average molecular weight is 367 g/mol. The molecule has 1 aliphatic rings. The number of carbonyl (C=O) groups excluding carboxylic acids is 2. The molecule has 0 aliphatic carbocycles. The normalized spacial score (nSPS) is 14.1. The minimum atomic E-state index is -0.460. The van der Waals surface area contributed by atoms with Gasteiger partial charge in [-0.15, -0.1) is 0 Å². The number of amides is 1. The van der Waals surface area contributed by atoms with Crippen molar-refractivity contribution >= 4 is 23.1 Å². The van der Waals surface area contributed by atoms with Gasteiger partial charge in [0.1, 0.15) is 5.78 Å². The van der Waals surface area contributed by atoms with Crippen LogP contribution >= 0.6 is 0 Å². The summed E-state index contributed by atoms with van der Waals surface area (Å²) in [5.41, 5.74) is 1.90. The molecular formula is C20H21N3O4. The fraction of sp³-hybridized carbons (Fsp3) is 0.300. The van der Waals surface area contributed by atoms with Crippen molar-refractivity contribution in [2.24, 2.45) is 0 Å². The molecule has 140 valence electrons. The Bertz CT molecular complexity index is 859. The highest BCUT2D eigenvalue weighted by Crippen LogP contribution is 2.26. The number of nitrogens with zero attached hydrogens (tertiary/aromatic N) is 3. The van der Waals surface area contributed by atoms with Crippen LogP contribution in [0.1, 0.15) is 22.8 Å². The van der Waals surface area contributed by atoms with Crippen LogP contribution in [0.2, 0.25) is 0 Å². The summed E-state index contributed by atoms with van der Waals surface area (Å²) in [4.78, 5) is 38.6. The molecule has 2 aromatic rings. The van der Waals surface area contributed by atoms with E-state index in [9.17, 15) is 19.7 Å². The van der Waals surface area contributed by atoms with E-state index in [1.807, 2.05) is 23.1 Å². The van der Waals surface area contributed by atoms with Crippen molar-refractivity contribution in [3.63, 3.8) is 0 Å². The summed E-state index contributed by atoms with van der Waals surface area (Å²) in [5, 5.41) is 11.2. The maximum Gasteiger partial charge on any atom is 0.273 e. The number of nitro groups is 1. The molecule has 2 aromatic carbocycles. The van der Waals surface area contributed by atoms with Gasteiger partial charge in [0.15, 0.2) is 0 Å². The summed E-state index contributed by atoms with van der Waals surface area (Å²) in [6.45, 7) is 3.84. The van der Waals surface area contributed by atoms with Gasteiger partial charge in [-0.05, 0) is 31.2 Å². The molecule has 1 heterocycles. The number of rotatable bonds is 5. The molecule has 1 fully saturated rings. The first-order valence-corrected chi connectivity index (χ1v) is 8.81. The van der Waals surface area contributed by atoms with Crippen molar-refractivity contribution in [1.82, 2.24) is 4.90 Å². The topological polar surface area (TPSA) is 83.8 Å². The fourth-order valence-corrected chi connectivity index (χ4v) is 3.29. The van der Waals surface area contributed by atoms with Crippen LogP contribution in [0.3, 0.4) is 0 Å². The van der Waals surface area contributed by atoms with Gasteiger partial charge in [-0.3, -0.25) is 19.7 Å². The number of benzene rings is 2. The summed E-state index contributed by atoms with van der Waals surface area (Å²) in [6, 6.07) is 14.0. The van der Waals surface area contributed by atoms with Gasteiger partial charge < -0.3 is 9.80 Å². The maximum atomic E-state index is 12.5. The largest absolute Gasteiger partial charge is 0.368 e. The molecule has 27 heavy (non-hydrogen) atoms. The second-order valence-electron chi connectivity index (χ2n) is 6.59. The Morgan fingerprint density at radius 2 is 1.70 bits per heavy atom. The van der Waals surface area contributed by atoms with Crippen LogP contribution in [-0.2, 0) is 11.2 Å². The summed E-state index contributed by atoms with van der Waals surface area (Å²) < 4.78 is 0. The second-order valence-corrected chi connectivity index (χ2v) is 6.59. The molecule has 0 radical (unpaired) electrons. The minimum Gasteiger partial charge on any atom is -0.368 e. The molecule has 7 heteroatoms. The van der Waals surface area contributed by atoms with Crippen molar-refractivity contribution < 1.29 is 14.5 Å². The van der Waals surface area contributed by atoms with Gasteiger partial charge in [0.25, 0.3) is 11.6 Å². The zero-order chi connectivity index (χ0) is 19.4. The quantitative estimate of drug-likeness (QED) is 0.599. The number of nitro benzene ring substituents is 1. The first-order valence-electron chi connectivity index (χ1n) is 8.81. The number of ketones is 1. The van der Waals surface area contributed by atoms with E-state index < -0.39 is 4.92 Å². The van der Waals surface area contributed by atoms with E-state index in [4.69, 9.17) is 0 Å². The van der Waals surface area contributed by atoms with Crippen LogP contribution < -0.4 is 4.90 Å². The minimum absolute atomic E-state index is 0.0104. The van der Waals surface area contributed by atoms with Crippen molar-refractivity contribution in [2.75, 3.05) is 31.1 Å². The molecular weight excluding hydrogens is 346 g/mol. The molecule has 0 unspecified atom stereocenters. The molecule has 1 amide bonds. The molecule has 0 aromatic heterocycles. The first-order chi connectivity index (χ1) is 13.0. The van der Waals surface area contributed by atoms with Gasteiger partial charge in [-0.25, -0.2) is 0 Å². The molecule has 1 aliphatic heterocycles. The second kappa shape index (κ2) is 7.99. The van der Waals surface area contributed by atoms with E-state index in [0.29, 0.717) is 37.3 Å². The zero-order valence-electron chi connectivity index (χ0n) is 15.1. The highest BCUT2D eigenvalue weighted by molar-refractivity contribution is 5.94. The predicted molar refractivity (Wildman–Crippen MR) is 102 cm³/mol. The van der Waals surface area contributed by atoms with E-state index >= 15 is 0 Å². The Kier molecular flexibility index (Phi) is 5.49. The first kappa shape index (κ1) is 18.6. The molecule has 1 saturated heterocycles. The number of piperazine rings is 1. The number of hydrogen-bond acceptors (Lipinski definition) is 5. The Morgan fingerprint density at radius 1 is 1.04 bits per heavy atom. The number of Topliss-reactive ketones (excluding diaryl/α,β-unsaturated/α-hetero) is 1. The van der Waals surface area contributed by atoms with Crippen LogP contribution in [0.4, 0.5) is 11.4 Å². The third-order valence-corrected chi connectivity index (χ3v) is 4.65. The van der Waals surface area contributed by atoms with E-state index in [0.717, 1.165) is 5.69 Å². The predicted octanol–water partition coefficient (Wildman–Crippen LogP) is 2.69. The van der Waals surface area contributed by atoms with E-state index in [2.05, 4.69) is 4.90 Å². The lowest BCUT2D eigenvalue weighted by atomic mass is 10.1. The van der Waals surface area contributed by atoms with Crippen molar-refractivity contribution in [3.8, 4) is 0 Å². The third-order valence-electron chi connectivity index (χ3n) is 4.65. The van der Waals surface area contributed by atoms with Crippen LogP contribution in [0.25, 0.3) is 0 Å². The zero-order valence-corrected chi connectivity index (χ0v) is 15.1. The molecule has 7 nitrogen and oxygen atoms in total. The lowest BCUT2D eigenvalue weighted by Crippen LogP contribution is -2.48. The lowest BCUT2D eigenvalue weighted by Gasteiger charge is -2.36. The standard InChI is InChI=1S/C20H21N3O4/c1-15(24)13-17-14-18(7-8-19(17)23(26)27)21-9-11-22(12-10-21)20(25)16-5-3-2-4-6-16/h2-8,14H,9-13H2,1H3. The smallest absolute Gasteiger partial charge is 0.273 e. The van der Waals surface area contributed by atoms with Gasteiger partial charge in [0.2, 0.25) is 0 Å². The van der Waals surface area contributed by atoms with Crippen molar-refractivity contribution in [2.45, 2.75) is 13.3 Å². The van der Waals surface area contributed by atoms with Gasteiger partial charge >= 0.3 is 0 Å². The van der Waals surface area contributed by atoms with E-state index in [1.54, 1.807) is 24.3 Å². The Hall–Kier alpha value is -3.22. The van der Waals surface area contributed by atoms with Crippen LogP contribution in [0.5, 0.6) is 0 Å². The highest BCUT2D eigenvalue weighted by atomic mass is 16.6. The van der Waals surface area contributed by atoms with Crippen molar-refractivity contribution in [1.29, 1.82) is 0 Å². The van der Waals surface area contributed by atoms with Gasteiger partial charge in [-0.2, -0.15) is 0 Å². The Labute approximate surface area is 157 Å². The Balaban J connectivity index is 1.71. The van der Waals surface area contributed by atoms with Crippen LogP contribution in [-0.4, -0.2) is 47.7 Å². The third kappa shape index (κ3) is 4.31. The molecule has 0 atom stereocenters. The van der Waals surface area contributed by atoms with Crippen LogP contribution in [0.15, 0.2) is 48.5 Å². The molecule has 0 bridgehead atoms. The van der Waals surface area contributed by atoms with Gasteiger partial charge in [0.05, 0.1) is 4.92 Å². The summed E-state index contributed by atoms with van der Waals surface area (Å²) >= 11 is 0. The summed E-state index contributed by atoms with van der Waals surface area (Å²) in [6.07, 6.45) is 0.0383. The van der Waals surface area contributed by atoms with Gasteiger partial charge in [-0.1, -0.05) is 18.2 Å². The van der Waals surface area contributed by atoms with Gasteiger partial charge in [0, 0.05) is 55.5 Å². The van der Waals surface area contributed by atoms with E-state index in [1.165, 1.54) is 13.0 Å². The molecule has 0 spiro atoms.